The van der Waals surface area contributed by atoms with Crippen molar-refractivity contribution in [2.75, 3.05) is 51.2 Å². The van der Waals surface area contributed by atoms with E-state index in [1.807, 2.05) is 25.1 Å². The molecule has 0 bridgehead atoms. The summed E-state index contributed by atoms with van der Waals surface area (Å²) in [6.45, 7) is 6.89. The zero-order valence-corrected chi connectivity index (χ0v) is 13.9. The van der Waals surface area contributed by atoms with Crippen LogP contribution in [0.3, 0.4) is 0 Å². The Kier molecular flexibility index (Phi) is 6.17. The Bertz CT molecular complexity index is 488. The summed E-state index contributed by atoms with van der Waals surface area (Å²) in [5, 5.41) is 11.9. The number of carbonyl (C=O) groups is 1. The van der Waals surface area contributed by atoms with Crippen molar-refractivity contribution in [3.05, 3.63) is 28.2 Å². The minimum atomic E-state index is 0.0207. The summed E-state index contributed by atoms with van der Waals surface area (Å²) in [7, 11) is 0. The number of benzene rings is 1. The third-order valence-electron chi connectivity index (χ3n) is 3.69. The number of nitrogens with one attached hydrogen (secondary N) is 1. The molecule has 21 heavy (non-hydrogen) atoms. The molecule has 0 unspecified atom stereocenters. The quantitative estimate of drug-likeness (QED) is 0.835. The number of nitrogens with zero attached hydrogens (tertiary/aromatic N) is 2. The van der Waals surface area contributed by atoms with E-state index in [9.17, 15) is 4.79 Å². The monoisotopic (exact) mass is 355 g/mol. The standard InChI is InChI=1S/C15H22BrN3O2/c1-12-10-13(2-3-14(12)16)17-15(21)11-19-6-4-18(5-7-19)8-9-20/h2-3,10,20H,4-9,11H2,1H3,(H,17,21). The molecule has 1 heterocycles. The van der Waals surface area contributed by atoms with E-state index in [0.717, 1.165) is 48.4 Å². The Morgan fingerprint density at radius 1 is 1.29 bits per heavy atom. The highest BCUT2D eigenvalue weighted by atomic mass is 79.9. The fourth-order valence-corrected chi connectivity index (χ4v) is 2.69. The Hall–Kier alpha value is -0.950. The number of β-amino-alcohol motifs (C(OH)–C–C–N with tert-alkyl or cyclic N) is 1. The molecular formula is C15H22BrN3O2. The molecule has 0 aromatic heterocycles. The number of aryl methyl sites for hydroxylation is 1. The molecule has 2 N–H and O–H groups in total. The summed E-state index contributed by atoms with van der Waals surface area (Å²) in [5.74, 6) is 0.0207. The van der Waals surface area contributed by atoms with Crippen LogP contribution in [0.2, 0.25) is 0 Å². The summed E-state index contributed by atoms with van der Waals surface area (Å²) < 4.78 is 1.04. The predicted molar refractivity (Wildman–Crippen MR) is 87.5 cm³/mol. The van der Waals surface area contributed by atoms with Crippen LogP contribution in [0.1, 0.15) is 5.56 Å². The van der Waals surface area contributed by atoms with Gasteiger partial charge in [0.15, 0.2) is 0 Å². The number of aliphatic hydroxyl groups excluding tert-OH is 1. The van der Waals surface area contributed by atoms with E-state index in [-0.39, 0.29) is 12.5 Å². The van der Waals surface area contributed by atoms with Crippen LogP contribution < -0.4 is 5.32 Å². The van der Waals surface area contributed by atoms with Gasteiger partial charge in [0.05, 0.1) is 13.2 Å². The number of carbonyl (C=O) groups excluding carboxylic acids is 1. The first-order valence-electron chi connectivity index (χ1n) is 7.20. The van der Waals surface area contributed by atoms with Crippen LogP contribution in [0.4, 0.5) is 5.69 Å². The van der Waals surface area contributed by atoms with E-state index in [2.05, 4.69) is 31.0 Å². The van der Waals surface area contributed by atoms with Gasteiger partial charge in [-0.25, -0.2) is 0 Å². The van der Waals surface area contributed by atoms with Crippen LogP contribution in [-0.2, 0) is 4.79 Å². The smallest absolute Gasteiger partial charge is 0.238 e. The zero-order chi connectivity index (χ0) is 15.2. The van der Waals surface area contributed by atoms with Crippen LogP contribution in [0.25, 0.3) is 0 Å². The molecule has 1 aromatic carbocycles. The number of piperazine rings is 1. The van der Waals surface area contributed by atoms with Gasteiger partial charge in [0.25, 0.3) is 0 Å². The summed E-state index contributed by atoms with van der Waals surface area (Å²) in [4.78, 5) is 16.4. The van der Waals surface area contributed by atoms with E-state index in [4.69, 9.17) is 5.11 Å². The second-order valence-electron chi connectivity index (χ2n) is 5.35. The van der Waals surface area contributed by atoms with E-state index >= 15 is 0 Å². The summed E-state index contributed by atoms with van der Waals surface area (Å²) >= 11 is 3.45. The lowest BCUT2D eigenvalue weighted by atomic mass is 10.2. The summed E-state index contributed by atoms with van der Waals surface area (Å²) in [5.41, 5.74) is 1.94. The molecule has 0 radical (unpaired) electrons. The molecule has 5 nitrogen and oxygen atoms in total. The van der Waals surface area contributed by atoms with Crippen molar-refractivity contribution in [3.63, 3.8) is 0 Å². The first-order chi connectivity index (χ1) is 10.1. The molecule has 1 saturated heterocycles. The van der Waals surface area contributed by atoms with Crippen LogP contribution in [0.5, 0.6) is 0 Å². The molecule has 0 saturated carbocycles. The first-order valence-corrected chi connectivity index (χ1v) is 7.99. The average molecular weight is 356 g/mol. The van der Waals surface area contributed by atoms with E-state index in [1.165, 1.54) is 0 Å². The van der Waals surface area contributed by atoms with Crippen molar-refractivity contribution in [2.24, 2.45) is 0 Å². The van der Waals surface area contributed by atoms with Gasteiger partial charge in [0.2, 0.25) is 5.91 Å². The highest BCUT2D eigenvalue weighted by Gasteiger charge is 2.18. The van der Waals surface area contributed by atoms with Gasteiger partial charge in [-0.3, -0.25) is 14.6 Å². The molecule has 2 rings (SSSR count). The maximum absolute atomic E-state index is 12.1. The van der Waals surface area contributed by atoms with Gasteiger partial charge in [-0.05, 0) is 30.7 Å². The Labute approximate surface area is 134 Å². The van der Waals surface area contributed by atoms with Crippen LogP contribution >= 0.6 is 15.9 Å². The Balaban J connectivity index is 1.78. The lowest BCUT2D eigenvalue weighted by molar-refractivity contribution is -0.117. The summed E-state index contributed by atoms with van der Waals surface area (Å²) in [6, 6.07) is 5.80. The third-order valence-corrected chi connectivity index (χ3v) is 4.58. The normalized spacial score (nSPS) is 16.9. The van der Waals surface area contributed by atoms with E-state index in [1.54, 1.807) is 0 Å². The molecule has 1 aliphatic rings. The molecule has 1 aromatic rings. The molecule has 1 amide bonds. The Morgan fingerprint density at radius 2 is 1.95 bits per heavy atom. The number of anilines is 1. The second-order valence-corrected chi connectivity index (χ2v) is 6.21. The molecule has 1 fully saturated rings. The van der Waals surface area contributed by atoms with Crippen molar-refractivity contribution < 1.29 is 9.90 Å². The van der Waals surface area contributed by atoms with Crippen molar-refractivity contribution in [2.45, 2.75) is 6.92 Å². The molecule has 6 heteroatoms. The number of hydrogen-bond donors (Lipinski definition) is 2. The lowest BCUT2D eigenvalue weighted by Crippen LogP contribution is -2.49. The maximum atomic E-state index is 12.1. The van der Waals surface area contributed by atoms with Gasteiger partial charge in [-0.2, -0.15) is 0 Å². The lowest BCUT2D eigenvalue weighted by Gasteiger charge is -2.33. The van der Waals surface area contributed by atoms with E-state index in [0.29, 0.717) is 6.54 Å². The molecule has 0 atom stereocenters. The number of rotatable bonds is 5. The van der Waals surface area contributed by atoms with Crippen LogP contribution in [-0.4, -0.2) is 66.7 Å². The van der Waals surface area contributed by atoms with Gasteiger partial charge >= 0.3 is 0 Å². The van der Waals surface area contributed by atoms with Crippen LogP contribution in [0.15, 0.2) is 22.7 Å². The van der Waals surface area contributed by atoms with Gasteiger partial charge in [-0.15, -0.1) is 0 Å². The van der Waals surface area contributed by atoms with Gasteiger partial charge in [0, 0.05) is 42.9 Å². The fourth-order valence-electron chi connectivity index (χ4n) is 2.44. The molecular weight excluding hydrogens is 334 g/mol. The predicted octanol–water partition coefficient (Wildman–Crippen LogP) is 1.31. The SMILES string of the molecule is Cc1cc(NC(=O)CN2CCN(CCO)CC2)ccc1Br. The topological polar surface area (TPSA) is 55.8 Å². The average Bonchev–Trinajstić information content (AvgIpc) is 2.45. The number of aliphatic hydroxyl groups is 1. The second kappa shape index (κ2) is 7.89. The molecule has 0 aliphatic carbocycles. The minimum Gasteiger partial charge on any atom is -0.395 e. The van der Waals surface area contributed by atoms with E-state index < -0.39 is 0 Å². The third kappa shape index (κ3) is 5.07. The van der Waals surface area contributed by atoms with Crippen molar-refractivity contribution in [1.82, 2.24) is 9.80 Å². The number of hydrogen-bond acceptors (Lipinski definition) is 4. The fraction of sp³-hybridized carbons (Fsp3) is 0.533. The highest BCUT2D eigenvalue weighted by molar-refractivity contribution is 9.10. The van der Waals surface area contributed by atoms with Gasteiger partial charge in [0.1, 0.15) is 0 Å². The number of halogens is 1. The van der Waals surface area contributed by atoms with Crippen molar-refractivity contribution in [3.8, 4) is 0 Å². The first kappa shape index (κ1) is 16.4. The molecule has 116 valence electrons. The molecule has 1 aliphatic heterocycles. The maximum Gasteiger partial charge on any atom is 0.238 e. The van der Waals surface area contributed by atoms with Gasteiger partial charge < -0.3 is 10.4 Å². The van der Waals surface area contributed by atoms with Crippen molar-refractivity contribution >= 4 is 27.5 Å². The highest BCUT2D eigenvalue weighted by Crippen LogP contribution is 2.19. The summed E-state index contributed by atoms with van der Waals surface area (Å²) in [6.07, 6.45) is 0. The largest absolute Gasteiger partial charge is 0.395 e. The van der Waals surface area contributed by atoms with Gasteiger partial charge in [-0.1, -0.05) is 15.9 Å². The number of amides is 1. The Morgan fingerprint density at radius 3 is 2.57 bits per heavy atom. The minimum absolute atomic E-state index is 0.0207. The molecule has 0 spiro atoms. The van der Waals surface area contributed by atoms with Crippen molar-refractivity contribution in [1.29, 1.82) is 0 Å². The van der Waals surface area contributed by atoms with Crippen LogP contribution in [0, 0.1) is 6.92 Å². The zero-order valence-electron chi connectivity index (χ0n) is 12.3.